The van der Waals surface area contributed by atoms with Gasteiger partial charge in [-0.25, -0.2) is 4.39 Å². The second-order valence-electron chi connectivity index (χ2n) is 2.22. The molecule has 0 heterocycles. The molecule has 0 aromatic heterocycles. The topological polar surface area (TPSA) is 0 Å². The van der Waals surface area contributed by atoms with Crippen LogP contribution in [0.25, 0.3) is 0 Å². The number of alkyl halides is 2. The van der Waals surface area contributed by atoms with Crippen molar-refractivity contribution in [3.8, 4) is 0 Å². The molecule has 1 aromatic carbocycles. The van der Waals surface area contributed by atoms with Crippen molar-refractivity contribution in [1.82, 2.24) is 0 Å². The van der Waals surface area contributed by atoms with Gasteiger partial charge in [-0.15, -0.1) is 23.2 Å². The lowest BCUT2D eigenvalue weighted by Gasteiger charge is -1.99. The Morgan fingerprint density at radius 1 is 1.18 bits per heavy atom. The maximum Gasteiger partial charge on any atom is 0.123 e. The molecule has 11 heavy (non-hydrogen) atoms. The van der Waals surface area contributed by atoms with E-state index in [0.717, 1.165) is 5.56 Å². The van der Waals surface area contributed by atoms with Gasteiger partial charge < -0.3 is 0 Å². The highest BCUT2D eigenvalue weighted by Gasteiger charge is 2.00. The summed E-state index contributed by atoms with van der Waals surface area (Å²) < 4.78 is 12.4. The number of halogens is 3. The Balaban J connectivity index is 2.66. The largest absolute Gasteiger partial charge is 0.207 e. The van der Waals surface area contributed by atoms with Crippen molar-refractivity contribution in [1.29, 1.82) is 0 Å². The average molecular weight is 193 g/mol. The van der Waals surface area contributed by atoms with Crippen LogP contribution in [0.3, 0.4) is 0 Å². The minimum atomic E-state index is -0.416. The van der Waals surface area contributed by atoms with Gasteiger partial charge in [-0.2, -0.15) is 0 Å². The predicted octanol–water partition coefficient (Wildman–Crippen LogP) is 3.17. The monoisotopic (exact) mass is 192 g/mol. The summed E-state index contributed by atoms with van der Waals surface area (Å²) >= 11 is 11.0. The van der Waals surface area contributed by atoms with E-state index < -0.39 is 4.84 Å². The zero-order valence-electron chi connectivity index (χ0n) is 5.73. The molecule has 0 atom stereocenters. The van der Waals surface area contributed by atoms with E-state index in [1.807, 2.05) is 0 Å². The highest BCUT2D eigenvalue weighted by atomic mass is 35.5. The van der Waals surface area contributed by atoms with Crippen LogP contribution < -0.4 is 0 Å². The minimum absolute atomic E-state index is 0.241. The molecular weight excluding hydrogens is 186 g/mol. The Labute approximate surface area is 74.9 Å². The van der Waals surface area contributed by atoms with Crippen LogP contribution in [-0.4, -0.2) is 4.84 Å². The average Bonchev–Trinajstić information content (AvgIpc) is 1.93. The number of hydrogen-bond donors (Lipinski definition) is 0. The van der Waals surface area contributed by atoms with Gasteiger partial charge in [0.25, 0.3) is 0 Å². The summed E-state index contributed by atoms with van der Waals surface area (Å²) in [4.78, 5) is -0.416. The molecule has 0 nitrogen and oxygen atoms in total. The van der Waals surface area contributed by atoms with Crippen LogP contribution in [0.1, 0.15) is 5.56 Å². The smallest absolute Gasteiger partial charge is 0.123 e. The fourth-order valence-electron chi connectivity index (χ4n) is 0.799. The van der Waals surface area contributed by atoms with Gasteiger partial charge in [-0.3, -0.25) is 0 Å². The first-order valence-corrected chi connectivity index (χ1v) is 4.08. The van der Waals surface area contributed by atoms with E-state index in [0.29, 0.717) is 6.42 Å². The van der Waals surface area contributed by atoms with Gasteiger partial charge in [-0.1, -0.05) is 12.1 Å². The molecule has 1 rings (SSSR count). The van der Waals surface area contributed by atoms with E-state index in [4.69, 9.17) is 23.2 Å². The quantitative estimate of drug-likeness (QED) is 0.632. The SMILES string of the molecule is Fc1ccc(CC(Cl)Cl)cc1. The van der Waals surface area contributed by atoms with Crippen LogP contribution in [0.2, 0.25) is 0 Å². The molecular formula is C8H7Cl2F. The predicted molar refractivity (Wildman–Crippen MR) is 45.6 cm³/mol. The first-order chi connectivity index (χ1) is 5.18. The van der Waals surface area contributed by atoms with E-state index >= 15 is 0 Å². The van der Waals surface area contributed by atoms with Gasteiger partial charge in [-0.05, 0) is 17.7 Å². The van der Waals surface area contributed by atoms with Crippen LogP contribution in [-0.2, 0) is 6.42 Å². The van der Waals surface area contributed by atoms with Crippen molar-refractivity contribution in [2.75, 3.05) is 0 Å². The van der Waals surface area contributed by atoms with Gasteiger partial charge >= 0.3 is 0 Å². The lowest BCUT2D eigenvalue weighted by Crippen LogP contribution is -1.93. The number of benzene rings is 1. The Hall–Kier alpha value is -0.270. The Kier molecular flexibility index (Phi) is 3.16. The Morgan fingerprint density at radius 3 is 2.18 bits per heavy atom. The summed E-state index contributed by atoms with van der Waals surface area (Å²) in [6.07, 6.45) is 0.559. The first-order valence-electron chi connectivity index (χ1n) is 3.21. The number of hydrogen-bond acceptors (Lipinski definition) is 0. The molecule has 0 aliphatic rings. The molecule has 0 saturated carbocycles. The first kappa shape index (κ1) is 8.82. The van der Waals surface area contributed by atoms with Crippen LogP contribution >= 0.6 is 23.2 Å². The Morgan fingerprint density at radius 2 is 1.73 bits per heavy atom. The maximum atomic E-state index is 12.4. The zero-order valence-corrected chi connectivity index (χ0v) is 7.24. The normalized spacial score (nSPS) is 10.5. The third kappa shape index (κ3) is 3.08. The third-order valence-corrected chi connectivity index (χ3v) is 1.61. The van der Waals surface area contributed by atoms with Gasteiger partial charge in [0.1, 0.15) is 10.7 Å². The van der Waals surface area contributed by atoms with Gasteiger partial charge in [0, 0.05) is 6.42 Å². The van der Waals surface area contributed by atoms with Crippen molar-refractivity contribution in [2.24, 2.45) is 0 Å². The van der Waals surface area contributed by atoms with Gasteiger partial charge in [0.15, 0.2) is 0 Å². The fraction of sp³-hybridized carbons (Fsp3) is 0.250. The standard InChI is InChI=1S/C8H7Cl2F/c9-8(10)5-6-1-3-7(11)4-2-6/h1-4,8H,5H2. The third-order valence-electron chi connectivity index (χ3n) is 1.30. The highest BCUT2D eigenvalue weighted by molar-refractivity contribution is 6.44. The summed E-state index contributed by atoms with van der Waals surface area (Å²) in [6.45, 7) is 0. The number of rotatable bonds is 2. The molecule has 0 aliphatic carbocycles. The van der Waals surface area contributed by atoms with Crippen molar-refractivity contribution in [3.05, 3.63) is 35.6 Å². The molecule has 0 amide bonds. The summed E-state index contributed by atoms with van der Waals surface area (Å²) in [5.41, 5.74) is 0.946. The summed E-state index contributed by atoms with van der Waals surface area (Å²) in [7, 11) is 0. The van der Waals surface area contributed by atoms with Crippen molar-refractivity contribution >= 4 is 23.2 Å². The fourth-order valence-corrected chi connectivity index (χ4v) is 1.16. The van der Waals surface area contributed by atoms with Gasteiger partial charge in [0.05, 0.1) is 0 Å². The van der Waals surface area contributed by atoms with Crippen LogP contribution in [0.4, 0.5) is 4.39 Å². The molecule has 0 saturated heterocycles. The van der Waals surface area contributed by atoms with E-state index in [2.05, 4.69) is 0 Å². The molecule has 0 unspecified atom stereocenters. The van der Waals surface area contributed by atoms with Crippen LogP contribution in [0.5, 0.6) is 0 Å². The van der Waals surface area contributed by atoms with Crippen molar-refractivity contribution in [2.45, 2.75) is 11.3 Å². The molecule has 0 fully saturated rings. The van der Waals surface area contributed by atoms with Crippen molar-refractivity contribution < 1.29 is 4.39 Å². The van der Waals surface area contributed by atoms with E-state index in [1.54, 1.807) is 12.1 Å². The highest BCUT2D eigenvalue weighted by Crippen LogP contribution is 2.11. The van der Waals surface area contributed by atoms with Crippen LogP contribution in [0.15, 0.2) is 24.3 Å². The molecule has 0 aliphatic heterocycles. The second kappa shape index (κ2) is 3.93. The second-order valence-corrected chi connectivity index (χ2v) is 3.50. The molecule has 0 N–H and O–H groups in total. The molecule has 0 spiro atoms. The zero-order chi connectivity index (χ0) is 8.27. The van der Waals surface area contributed by atoms with Gasteiger partial charge in [0.2, 0.25) is 0 Å². The lowest BCUT2D eigenvalue weighted by molar-refractivity contribution is 0.627. The summed E-state index contributed by atoms with van der Waals surface area (Å²) in [5, 5.41) is 0. The molecule has 1 aromatic rings. The van der Waals surface area contributed by atoms with E-state index in [-0.39, 0.29) is 5.82 Å². The summed E-state index contributed by atoms with van der Waals surface area (Å²) in [6, 6.07) is 6.14. The molecule has 3 heteroatoms. The lowest BCUT2D eigenvalue weighted by atomic mass is 10.2. The van der Waals surface area contributed by atoms with E-state index in [1.165, 1.54) is 12.1 Å². The molecule has 60 valence electrons. The van der Waals surface area contributed by atoms with E-state index in [9.17, 15) is 4.39 Å². The maximum absolute atomic E-state index is 12.4. The Bertz CT molecular complexity index is 218. The summed E-state index contributed by atoms with van der Waals surface area (Å²) in [5.74, 6) is -0.241. The minimum Gasteiger partial charge on any atom is -0.207 e. The van der Waals surface area contributed by atoms with Crippen molar-refractivity contribution in [3.63, 3.8) is 0 Å². The molecule has 0 bridgehead atoms. The van der Waals surface area contributed by atoms with Crippen LogP contribution in [0, 0.1) is 5.82 Å². The molecule has 0 radical (unpaired) electrons.